The van der Waals surface area contributed by atoms with Gasteiger partial charge in [0.25, 0.3) is 5.91 Å². The van der Waals surface area contributed by atoms with Gasteiger partial charge in [0.2, 0.25) is 0 Å². The zero-order valence-electron chi connectivity index (χ0n) is 18.3. The summed E-state index contributed by atoms with van der Waals surface area (Å²) in [6.07, 6.45) is 0. The first-order valence-corrected chi connectivity index (χ1v) is 11.1. The van der Waals surface area contributed by atoms with Crippen LogP contribution in [0.3, 0.4) is 0 Å². The number of amides is 1. The summed E-state index contributed by atoms with van der Waals surface area (Å²) in [5.41, 5.74) is 4.12. The fourth-order valence-electron chi connectivity index (χ4n) is 3.83. The smallest absolute Gasteiger partial charge is 0.255 e. The van der Waals surface area contributed by atoms with Gasteiger partial charge in [-0.3, -0.25) is 9.69 Å². The number of H-pyrrole nitrogens is 1. The average Bonchev–Trinajstić information content (AvgIpc) is 3.26. The van der Waals surface area contributed by atoms with Crippen LogP contribution in [-0.4, -0.2) is 47.1 Å². The van der Waals surface area contributed by atoms with Crippen LogP contribution < -0.4 is 10.1 Å². The number of ether oxygens (including phenoxy) is 2. The quantitative estimate of drug-likeness (QED) is 0.448. The minimum absolute atomic E-state index is 0.155. The maximum absolute atomic E-state index is 12.7. The van der Waals surface area contributed by atoms with E-state index in [9.17, 15) is 4.79 Å². The molecule has 0 spiro atoms. The van der Waals surface area contributed by atoms with E-state index in [0.29, 0.717) is 12.2 Å². The predicted molar refractivity (Wildman–Crippen MR) is 127 cm³/mol. The van der Waals surface area contributed by atoms with Gasteiger partial charge in [-0.05, 0) is 48.0 Å². The second kappa shape index (κ2) is 9.85. The molecule has 4 aromatic rings. The molecule has 1 aromatic heterocycles. The molecule has 1 fully saturated rings. The number of nitrogens with one attached hydrogen (secondary N) is 2. The Kier molecular flexibility index (Phi) is 6.32. The standard InChI is InChI=1S/C26H26N4O3/c31-26(20-8-6-19(7-9-20)18-33-22-4-2-1-3-5-22)27-21-10-11-23-24(16-21)29-25(28-23)17-30-12-14-32-15-13-30/h1-11,16H,12-15,17-18H2,(H,27,31)(H,28,29). The molecule has 0 saturated carbocycles. The van der Waals surface area contributed by atoms with Crippen molar-refractivity contribution in [2.75, 3.05) is 31.6 Å². The zero-order chi connectivity index (χ0) is 22.5. The summed E-state index contributed by atoms with van der Waals surface area (Å²) in [7, 11) is 0. The fourth-order valence-corrected chi connectivity index (χ4v) is 3.83. The highest BCUT2D eigenvalue weighted by atomic mass is 16.5. The van der Waals surface area contributed by atoms with Gasteiger partial charge in [-0.1, -0.05) is 30.3 Å². The van der Waals surface area contributed by atoms with Crippen LogP contribution in [0, 0.1) is 0 Å². The third-order valence-electron chi connectivity index (χ3n) is 5.63. The van der Waals surface area contributed by atoms with E-state index in [1.54, 1.807) is 0 Å². The summed E-state index contributed by atoms with van der Waals surface area (Å²) >= 11 is 0. The third-order valence-corrected chi connectivity index (χ3v) is 5.63. The number of carbonyl (C=O) groups excluding carboxylic acids is 1. The monoisotopic (exact) mass is 442 g/mol. The van der Waals surface area contributed by atoms with Crippen molar-refractivity contribution in [3.8, 4) is 5.75 Å². The van der Waals surface area contributed by atoms with Gasteiger partial charge in [-0.2, -0.15) is 0 Å². The first-order chi connectivity index (χ1) is 16.2. The molecule has 3 aromatic carbocycles. The van der Waals surface area contributed by atoms with E-state index in [2.05, 4.69) is 20.2 Å². The molecule has 2 N–H and O–H groups in total. The number of nitrogens with zero attached hydrogens (tertiary/aromatic N) is 2. The molecule has 0 bridgehead atoms. The second-order valence-corrected chi connectivity index (χ2v) is 8.06. The summed E-state index contributed by atoms with van der Waals surface area (Å²) < 4.78 is 11.2. The lowest BCUT2D eigenvalue weighted by atomic mass is 10.1. The number of aromatic amines is 1. The van der Waals surface area contributed by atoms with Gasteiger partial charge in [0, 0.05) is 24.3 Å². The number of hydrogen-bond donors (Lipinski definition) is 2. The molecule has 1 saturated heterocycles. The predicted octanol–water partition coefficient (Wildman–Crippen LogP) is 4.23. The number of para-hydroxylation sites is 1. The Balaban J connectivity index is 1.20. The van der Waals surface area contributed by atoms with Crippen LogP contribution in [-0.2, 0) is 17.9 Å². The van der Waals surface area contributed by atoms with E-state index < -0.39 is 0 Å². The number of aromatic nitrogens is 2. The number of anilines is 1. The number of carbonyl (C=O) groups is 1. The lowest BCUT2D eigenvalue weighted by Crippen LogP contribution is -2.35. The van der Waals surface area contributed by atoms with Gasteiger partial charge < -0.3 is 19.8 Å². The van der Waals surface area contributed by atoms with Crippen LogP contribution in [0.4, 0.5) is 5.69 Å². The highest BCUT2D eigenvalue weighted by molar-refractivity contribution is 6.05. The normalized spacial score (nSPS) is 14.3. The molecule has 168 valence electrons. The van der Waals surface area contributed by atoms with Gasteiger partial charge in [0.05, 0.1) is 30.8 Å². The fraction of sp³-hybridized carbons (Fsp3) is 0.231. The maximum atomic E-state index is 12.7. The Labute approximate surface area is 192 Å². The molecular weight excluding hydrogens is 416 g/mol. The molecule has 0 aliphatic carbocycles. The zero-order valence-corrected chi connectivity index (χ0v) is 18.3. The molecule has 1 aliphatic heterocycles. The van der Waals surface area contributed by atoms with E-state index >= 15 is 0 Å². The Morgan fingerprint density at radius 3 is 2.61 bits per heavy atom. The Morgan fingerprint density at radius 1 is 1.03 bits per heavy atom. The van der Waals surface area contributed by atoms with Crippen LogP contribution in [0.15, 0.2) is 72.8 Å². The van der Waals surface area contributed by atoms with Crippen molar-refractivity contribution in [3.05, 3.63) is 89.7 Å². The van der Waals surface area contributed by atoms with Crippen LogP contribution in [0.2, 0.25) is 0 Å². The summed E-state index contributed by atoms with van der Waals surface area (Å²) in [4.78, 5) is 23.1. The minimum atomic E-state index is -0.155. The molecule has 5 rings (SSSR count). The summed E-state index contributed by atoms with van der Waals surface area (Å²) in [5.74, 6) is 1.59. The van der Waals surface area contributed by atoms with Gasteiger partial charge in [0.15, 0.2) is 0 Å². The topological polar surface area (TPSA) is 79.5 Å². The van der Waals surface area contributed by atoms with Crippen LogP contribution in [0.1, 0.15) is 21.7 Å². The second-order valence-electron chi connectivity index (χ2n) is 8.06. The number of imidazole rings is 1. The molecule has 2 heterocycles. The molecular formula is C26H26N4O3. The van der Waals surface area contributed by atoms with Crippen molar-refractivity contribution in [3.63, 3.8) is 0 Å². The van der Waals surface area contributed by atoms with E-state index in [1.807, 2.05) is 72.8 Å². The van der Waals surface area contributed by atoms with Crippen molar-refractivity contribution < 1.29 is 14.3 Å². The van der Waals surface area contributed by atoms with Crippen LogP contribution >= 0.6 is 0 Å². The SMILES string of the molecule is O=C(Nc1ccc2nc(CN3CCOCC3)[nH]c2c1)c1ccc(COc2ccccc2)cc1. The molecule has 1 aliphatic rings. The van der Waals surface area contributed by atoms with Crippen LogP contribution in [0.25, 0.3) is 11.0 Å². The molecule has 0 unspecified atom stereocenters. The Morgan fingerprint density at radius 2 is 1.82 bits per heavy atom. The van der Waals surface area contributed by atoms with Crippen molar-refractivity contribution in [2.24, 2.45) is 0 Å². The molecule has 7 heteroatoms. The van der Waals surface area contributed by atoms with Crippen molar-refractivity contribution >= 4 is 22.6 Å². The van der Waals surface area contributed by atoms with Gasteiger partial charge in [-0.25, -0.2) is 4.98 Å². The van der Waals surface area contributed by atoms with Crippen molar-refractivity contribution in [1.29, 1.82) is 0 Å². The summed E-state index contributed by atoms with van der Waals surface area (Å²) in [6, 6.07) is 22.8. The number of morpholine rings is 1. The number of fused-ring (bicyclic) bond motifs is 1. The highest BCUT2D eigenvalue weighted by Gasteiger charge is 2.14. The number of benzene rings is 3. The first kappa shape index (κ1) is 21.2. The Hall–Kier alpha value is -3.68. The minimum Gasteiger partial charge on any atom is -0.489 e. The third kappa shape index (κ3) is 5.39. The summed E-state index contributed by atoms with van der Waals surface area (Å²) in [6.45, 7) is 4.56. The van der Waals surface area contributed by atoms with E-state index in [4.69, 9.17) is 9.47 Å². The average molecular weight is 443 g/mol. The summed E-state index contributed by atoms with van der Waals surface area (Å²) in [5, 5.41) is 2.97. The number of hydrogen-bond acceptors (Lipinski definition) is 5. The number of rotatable bonds is 7. The highest BCUT2D eigenvalue weighted by Crippen LogP contribution is 2.19. The first-order valence-electron chi connectivity index (χ1n) is 11.1. The van der Waals surface area contributed by atoms with Crippen molar-refractivity contribution in [1.82, 2.24) is 14.9 Å². The van der Waals surface area contributed by atoms with E-state index in [1.165, 1.54) is 0 Å². The van der Waals surface area contributed by atoms with E-state index in [0.717, 1.165) is 66.7 Å². The molecule has 7 nitrogen and oxygen atoms in total. The van der Waals surface area contributed by atoms with Crippen molar-refractivity contribution in [2.45, 2.75) is 13.2 Å². The van der Waals surface area contributed by atoms with Gasteiger partial charge in [0.1, 0.15) is 18.2 Å². The lowest BCUT2D eigenvalue weighted by molar-refractivity contribution is 0.0332. The lowest BCUT2D eigenvalue weighted by Gasteiger charge is -2.25. The Bertz CT molecular complexity index is 1220. The van der Waals surface area contributed by atoms with Gasteiger partial charge in [-0.15, -0.1) is 0 Å². The molecule has 0 radical (unpaired) electrons. The van der Waals surface area contributed by atoms with E-state index in [-0.39, 0.29) is 5.91 Å². The van der Waals surface area contributed by atoms with Crippen LogP contribution in [0.5, 0.6) is 5.75 Å². The van der Waals surface area contributed by atoms with Gasteiger partial charge >= 0.3 is 0 Å². The maximum Gasteiger partial charge on any atom is 0.255 e. The molecule has 33 heavy (non-hydrogen) atoms. The molecule has 1 amide bonds. The largest absolute Gasteiger partial charge is 0.489 e. The molecule has 0 atom stereocenters.